The van der Waals surface area contributed by atoms with Crippen LogP contribution in [0.3, 0.4) is 0 Å². The predicted molar refractivity (Wildman–Crippen MR) is 61.0 cm³/mol. The molecule has 1 aromatic rings. The molecule has 1 unspecified atom stereocenters. The second-order valence-electron chi connectivity index (χ2n) is 4.21. The Bertz CT molecular complexity index is 330. The standard InChI is InChI=1S/C11H18N4O/c1-9(15-7-3-6-13-15)11(16)14-10-4-2-5-12-8-10/h3,6-7,9-10,12H,2,4-5,8H2,1H3,(H,14,16)/t9?,10-/m0/s1. The number of carbonyl (C=O) groups excluding carboxylic acids is 1. The van der Waals surface area contributed by atoms with Gasteiger partial charge in [-0.1, -0.05) is 0 Å². The van der Waals surface area contributed by atoms with Crippen LogP contribution in [0.2, 0.25) is 0 Å². The Hall–Kier alpha value is -1.36. The molecule has 2 N–H and O–H groups in total. The Morgan fingerprint density at radius 1 is 1.69 bits per heavy atom. The van der Waals surface area contributed by atoms with Gasteiger partial charge in [0.15, 0.2) is 0 Å². The van der Waals surface area contributed by atoms with Gasteiger partial charge in [0, 0.05) is 25.0 Å². The Morgan fingerprint density at radius 3 is 3.19 bits per heavy atom. The molecule has 2 atom stereocenters. The van der Waals surface area contributed by atoms with E-state index in [1.165, 1.54) is 0 Å². The molecule has 1 fully saturated rings. The van der Waals surface area contributed by atoms with Crippen LogP contribution in [0.15, 0.2) is 18.5 Å². The zero-order valence-corrected chi connectivity index (χ0v) is 9.52. The van der Waals surface area contributed by atoms with Gasteiger partial charge in [-0.05, 0) is 32.4 Å². The van der Waals surface area contributed by atoms with E-state index >= 15 is 0 Å². The number of piperidine rings is 1. The summed E-state index contributed by atoms with van der Waals surface area (Å²) in [5.41, 5.74) is 0. The second kappa shape index (κ2) is 5.12. The zero-order chi connectivity index (χ0) is 11.4. The first-order chi connectivity index (χ1) is 7.77. The zero-order valence-electron chi connectivity index (χ0n) is 9.52. The molecule has 5 nitrogen and oxygen atoms in total. The van der Waals surface area contributed by atoms with Crippen molar-refractivity contribution in [2.75, 3.05) is 13.1 Å². The highest BCUT2D eigenvalue weighted by molar-refractivity contribution is 5.80. The van der Waals surface area contributed by atoms with E-state index in [1.807, 2.05) is 19.2 Å². The predicted octanol–water partition coefficient (Wildman–Crippen LogP) is 0.312. The van der Waals surface area contributed by atoms with Crippen LogP contribution in [0.1, 0.15) is 25.8 Å². The van der Waals surface area contributed by atoms with Gasteiger partial charge in [-0.3, -0.25) is 9.48 Å². The van der Waals surface area contributed by atoms with Crippen molar-refractivity contribution >= 4 is 5.91 Å². The molecule has 1 saturated heterocycles. The van der Waals surface area contributed by atoms with Gasteiger partial charge < -0.3 is 10.6 Å². The van der Waals surface area contributed by atoms with Crippen molar-refractivity contribution in [2.45, 2.75) is 31.8 Å². The van der Waals surface area contributed by atoms with E-state index in [0.29, 0.717) is 0 Å². The summed E-state index contributed by atoms with van der Waals surface area (Å²) >= 11 is 0. The molecule has 0 aliphatic carbocycles. The molecule has 0 spiro atoms. The van der Waals surface area contributed by atoms with Gasteiger partial charge >= 0.3 is 0 Å². The minimum Gasteiger partial charge on any atom is -0.350 e. The van der Waals surface area contributed by atoms with Crippen molar-refractivity contribution in [2.24, 2.45) is 0 Å². The maximum atomic E-state index is 11.9. The average molecular weight is 222 g/mol. The third-order valence-corrected chi connectivity index (χ3v) is 2.94. The summed E-state index contributed by atoms with van der Waals surface area (Å²) in [5, 5.41) is 10.4. The first-order valence-corrected chi connectivity index (χ1v) is 5.77. The topological polar surface area (TPSA) is 59.0 Å². The molecule has 1 aliphatic rings. The fourth-order valence-corrected chi connectivity index (χ4v) is 1.93. The molecule has 2 rings (SSSR count). The minimum absolute atomic E-state index is 0.0393. The highest BCUT2D eigenvalue weighted by atomic mass is 16.2. The van der Waals surface area contributed by atoms with Crippen molar-refractivity contribution in [1.82, 2.24) is 20.4 Å². The summed E-state index contributed by atoms with van der Waals surface area (Å²) < 4.78 is 1.67. The first kappa shape index (κ1) is 11.1. The van der Waals surface area contributed by atoms with Crippen LogP contribution in [0.5, 0.6) is 0 Å². The maximum absolute atomic E-state index is 11.9. The van der Waals surface area contributed by atoms with Crippen LogP contribution in [-0.4, -0.2) is 34.8 Å². The van der Waals surface area contributed by atoms with Crippen LogP contribution in [0.4, 0.5) is 0 Å². The Balaban J connectivity index is 1.87. The van der Waals surface area contributed by atoms with E-state index < -0.39 is 0 Å². The number of nitrogens with one attached hydrogen (secondary N) is 2. The van der Waals surface area contributed by atoms with E-state index in [4.69, 9.17) is 0 Å². The molecule has 0 radical (unpaired) electrons. The number of hydrogen-bond acceptors (Lipinski definition) is 3. The monoisotopic (exact) mass is 222 g/mol. The van der Waals surface area contributed by atoms with Gasteiger partial charge in [-0.15, -0.1) is 0 Å². The van der Waals surface area contributed by atoms with Crippen LogP contribution in [0, 0.1) is 0 Å². The average Bonchev–Trinajstić information content (AvgIpc) is 2.83. The molecule has 16 heavy (non-hydrogen) atoms. The van der Waals surface area contributed by atoms with Crippen molar-refractivity contribution in [3.63, 3.8) is 0 Å². The molecule has 0 bridgehead atoms. The summed E-state index contributed by atoms with van der Waals surface area (Å²) in [5.74, 6) is 0.0393. The normalized spacial score (nSPS) is 22.7. The number of carbonyl (C=O) groups is 1. The summed E-state index contributed by atoms with van der Waals surface area (Å²) in [4.78, 5) is 11.9. The molecule has 1 aromatic heterocycles. The summed E-state index contributed by atoms with van der Waals surface area (Å²) in [7, 11) is 0. The molecular formula is C11H18N4O. The van der Waals surface area contributed by atoms with Gasteiger partial charge in [0.2, 0.25) is 5.91 Å². The largest absolute Gasteiger partial charge is 0.350 e. The van der Waals surface area contributed by atoms with E-state index in [-0.39, 0.29) is 18.0 Å². The number of rotatable bonds is 3. The van der Waals surface area contributed by atoms with Gasteiger partial charge in [0.05, 0.1) is 0 Å². The van der Waals surface area contributed by atoms with Gasteiger partial charge in [0.25, 0.3) is 0 Å². The van der Waals surface area contributed by atoms with Gasteiger partial charge in [0.1, 0.15) is 6.04 Å². The highest BCUT2D eigenvalue weighted by Gasteiger charge is 2.20. The van der Waals surface area contributed by atoms with E-state index in [1.54, 1.807) is 10.9 Å². The molecule has 2 heterocycles. The molecule has 1 aliphatic heterocycles. The molecule has 0 saturated carbocycles. The van der Waals surface area contributed by atoms with Crippen molar-refractivity contribution in [1.29, 1.82) is 0 Å². The lowest BCUT2D eigenvalue weighted by Gasteiger charge is -2.25. The third-order valence-electron chi connectivity index (χ3n) is 2.94. The van der Waals surface area contributed by atoms with Crippen LogP contribution in [0.25, 0.3) is 0 Å². The second-order valence-corrected chi connectivity index (χ2v) is 4.21. The molecule has 88 valence electrons. The molecule has 5 heteroatoms. The van der Waals surface area contributed by atoms with Gasteiger partial charge in [-0.2, -0.15) is 5.10 Å². The smallest absolute Gasteiger partial charge is 0.244 e. The summed E-state index contributed by atoms with van der Waals surface area (Å²) in [6.07, 6.45) is 5.68. The quantitative estimate of drug-likeness (QED) is 0.774. The SMILES string of the molecule is CC(C(=O)N[C@H]1CCCNC1)n1cccn1. The number of amides is 1. The number of hydrogen-bond donors (Lipinski definition) is 2. The lowest BCUT2D eigenvalue weighted by Crippen LogP contribution is -2.47. The Kier molecular flexibility index (Phi) is 3.56. The molecular weight excluding hydrogens is 204 g/mol. The van der Waals surface area contributed by atoms with E-state index in [9.17, 15) is 4.79 Å². The minimum atomic E-state index is -0.239. The van der Waals surface area contributed by atoms with Gasteiger partial charge in [-0.25, -0.2) is 0 Å². The fourth-order valence-electron chi connectivity index (χ4n) is 1.93. The first-order valence-electron chi connectivity index (χ1n) is 5.77. The van der Waals surface area contributed by atoms with Crippen LogP contribution in [-0.2, 0) is 4.79 Å². The van der Waals surface area contributed by atoms with Crippen molar-refractivity contribution < 1.29 is 4.79 Å². The molecule has 0 aromatic carbocycles. The van der Waals surface area contributed by atoms with E-state index in [0.717, 1.165) is 25.9 Å². The lowest BCUT2D eigenvalue weighted by atomic mass is 10.1. The highest BCUT2D eigenvalue weighted by Crippen LogP contribution is 2.06. The van der Waals surface area contributed by atoms with Crippen molar-refractivity contribution in [3.8, 4) is 0 Å². The Labute approximate surface area is 95.2 Å². The fraction of sp³-hybridized carbons (Fsp3) is 0.636. The third kappa shape index (κ3) is 2.61. The summed E-state index contributed by atoms with van der Waals surface area (Å²) in [6, 6.07) is 1.85. The van der Waals surface area contributed by atoms with Crippen LogP contribution < -0.4 is 10.6 Å². The lowest BCUT2D eigenvalue weighted by molar-refractivity contribution is -0.125. The Morgan fingerprint density at radius 2 is 2.56 bits per heavy atom. The maximum Gasteiger partial charge on any atom is 0.244 e. The molecule has 1 amide bonds. The van der Waals surface area contributed by atoms with Crippen molar-refractivity contribution in [3.05, 3.63) is 18.5 Å². The number of aromatic nitrogens is 2. The number of nitrogens with zero attached hydrogens (tertiary/aromatic N) is 2. The van der Waals surface area contributed by atoms with E-state index in [2.05, 4.69) is 15.7 Å². The summed E-state index contributed by atoms with van der Waals surface area (Å²) in [6.45, 7) is 3.79. The van der Waals surface area contributed by atoms with Crippen LogP contribution >= 0.6 is 0 Å².